The average molecular weight is 823 g/mol. The summed E-state index contributed by atoms with van der Waals surface area (Å²) in [6, 6.07) is 60.0. The summed E-state index contributed by atoms with van der Waals surface area (Å²) in [5.41, 5.74) is 12.3. The van der Waals surface area contributed by atoms with Crippen LogP contribution in [0.5, 0.6) is 0 Å². The molecule has 0 aliphatic heterocycles. The van der Waals surface area contributed by atoms with Crippen LogP contribution in [0, 0.1) is 0 Å². The summed E-state index contributed by atoms with van der Waals surface area (Å²) in [6.45, 7) is 0. The number of hydrogen-bond donors (Lipinski definition) is 0. The molecule has 0 fully saturated rings. The van der Waals surface area contributed by atoms with Gasteiger partial charge in [-0.25, -0.2) is 0 Å². The minimum atomic E-state index is -0.686. The molecule has 3 heteroatoms. The second-order valence-electron chi connectivity index (χ2n) is 16.6. The topological polar surface area (TPSA) is 14.8 Å². The first kappa shape index (κ1) is 27.5. The van der Waals surface area contributed by atoms with E-state index in [-0.39, 0.29) is 41.9 Å². The Balaban J connectivity index is 1.09. The van der Waals surface area contributed by atoms with E-state index in [2.05, 4.69) is 120 Å². The average Bonchev–Trinajstić information content (AvgIpc) is 4.15. The number of nitrogens with zero attached hydrogens (tertiary/aromatic N) is 3. The SMILES string of the molecule is [2H]c1c([2H])c([2H])c(-n2c3ccccc3c3cc(-n4c5ccc(-n6c7ccccc7c7c([2H])c([2H])c([2H])c([2H])c76)cc5c5cc(C6(c7ccccc7)c7ccccc7-c7ccccc76)ccc54)ccc32)c([2H])c1[2H]. The highest BCUT2D eigenvalue weighted by molar-refractivity contribution is 6.14. The third kappa shape index (κ3) is 4.70. The Labute approximate surface area is 382 Å². The van der Waals surface area contributed by atoms with Gasteiger partial charge in [0.05, 0.1) is 50.9 Å². The largest absolute Gasteiger partial charge is 0.309 e. The molecule has 0 bridgehead atoms. The molecular formula is C61H39N3. The van der Waals surface area contributed by atoms with Crippen molar-refractivity contribution in [3.05, 3.63) is 259 Å². The van der Waals surface area contributed by atoms with E-state index in [9.17, 15) is 1.37 Å². The standard InChI is InChI=1S/C61H39N3/c1-3-17-40(18-4-1)61(53-26-12-7-21-45(53)46-22-8-13-27-54(46)61)41-31-34-58-50(37-41)52-39-44(63-55-28-14-9-23-47(55)48-24-10-15-29-56(48)63)33-36-60(52)64(58)43-32-35-59-51(38-43)49-25-11-16-30-57(49)62(59)42-19-5-2-6-20-42/h1-39H/i2D,5D,6D,9D,14D,19D,20D,23D,28D. The van der Waals surface area contributed by atoms with E-state index in [1.54, 1.807) is 4.57 Å². The van der Waals surface area contributed by atoms with Crippen LogP contribution in [0.25, 0.3) is 93.6 Å². The quantitative estimate of drug-likeness (QED) is 0.164. The van der Waals surface area contributed by atoms with Gasteiger partial charge in [0.25, 0.3) is 0 Å². The van der Waals surface area contributed by atoms with Crippen LogP contribution in [0.3, 0.4) is 0 Å². The van der Waals surface area contributed by atoms with Crippen LogP contribution < -0.4 is 0 Å². The predicted octanol–water partition coefficient (Wildman–Crippen LogP) is 15.3. The van der Waals surface area contributed by atoms with E-state index >= 15 is 0 Å². The lowest BCUT2D eigenvalue weighted by molar-refractivity contribution is 0.770. The number of rotatable bonds is 5. The molecule has 0 saturated heterocycles. The molecule has 3 aromatic heterocycles. The molecule has 3 nitrogen and oxygen atoms in total. The van der Waals surface area contributed by atoms with Crippen molar-refractivity contribution in [1.82, 2.24) is 13.7 Å². The third-order valence-corrected chi connectivity index (χ3v) is 13.5. The highest BCUT2D eigenvalue weighted by atomic mass is 15.0. The maximum Gasteiger partial charge on any atom is 0.0713 e. The summed E-state index contributed by atoms with van der Waals surface area (Å²) in [5.74, 6) is 0. The lowest BCUT2D eigenvalue weighted by Gasteiger charge is -2.34. The molecule has 1 aliphatic rings. The van der Waals surface area contributed by atoms with Crippen molar-refractivity contribution in [2.24, 2.45) is 0 Å². The lowest BCUT2D eigenvalue weighted by atomic mass is 9.67. The van der Waals surface area contributed by atoms with Gasteiger partial charge < -0.3 is 13.7 Å². The summed E-state index contributed by atoms with van der Waals surface area (Å²) >= 11 is 0. The van der Waals surface area contributed by atoms with Crippen molar-refractivity contribution < 1.29 is 12.3 Å². The summed E-state index contributed by atoms with van der Waals surface area (Å²) in [7, 11) is 0. The molecule has 298 valence electrons. The minimum Gasteiger partial charge on any atom is -0.309 e. The van der Waals surface area contributed by atoms with Gasteiger partial charge in [0.1, 0.15) is 0 Å². The Morgan fingerprint density at radius 3 is 1.44 bits per heavy atom. The van der Waals surface area contributed by atoms with Crippen LogP contribution in [0.1, 0.15) is 34.6 Å². The second-order valence-corrected chi connectivity index (χ2v) is 16.6. The molecule has 0 radical (unpaired) electrons. The van der Waals surface area contributed by atoms with E-state index in [1.807, 2.05) is 71.3 Å². The summed E-state index contributed by atoms with van der Waals surface area (Å²) < 4.78 is 85.2. The zero-order chi connectivity index (χ0) is 49.8. The summed E-state index contributed by atoms with van der Waals surface area (Å²) in [4.78, 5) is 0. The molecule has 0 spiro atoms. The van der Waals surface area contributed by atoms with Crippen molar-refractivity contribution in [1.29, 1.82) is 0 Å². The number of hydrogen-bond acceptors (Lipinski definition) is 0. The highest BCUT2D eigenvalue weighted by Crippen LogP contribution is 2.56. The molecule has 0 unspecified atom stereocenters. The Kier molecular flexibility index (Phi) is 5.72. The lowest BCUT2D eigenvalue weighted by Crippen LogP contribution is -2.28. The van der Waals surface area contributed by atoms with Gasteiger partial charge in [-0.3, -0.25) is 0 Å². The molecule has 0 saturated carbocycles. The molecule has 13 aromatic rings. The molecule has 0 atom stereocenters. The Morgan fingerprint density at radius 2 is 0.766 bits per heavy atom. The van der Waals surface area contributed by atoms with Crippen molar-refractivity contribution in [2.45, 2.75) is 5.41 Å². The molecule has 3 heterocycles. The molecular weight excluding hydrogens is 775 g/mol. The molecule has 1 aliphatic carbocycles. The fraction of sp³-hybridized carbons (Fsp3) is 0.0164. The minimum absolute atomic E-state index is 0.0826. The van der Waals surface area contributed by atoms with Crippen LogP contribution in [0.15, 0.2) is 236 Å². The fourth-order valence-electron chi connectivity index (χ4n) is 11.0. The maximum absolute atomic E-state index is 9.27. The molecule has 0 N–H and O–H groups in total. The smallest absolute Gasteiger partial charge is 0.0713 e. The summed E-state index contributed by atoms with van der Waals surface area (Å²) in [5, 5.41) is 4.78. The van der Waals surface area contributed by atoms with E-state index in [1.165, 1.54) is 22.3 Å². The Morgan fingerprint density at radius 1 is 0.297 bits per heavy atom. The highest BCUT2D eigenvalue weighted by Gasteiger charge is 2.46. The monoisotopic (exact) mass is 822 g/mol. The van der Waals surface area contributed by atoms with Crippen molar-refractivity contribution in [3.8, 4) is 28.2 Å². The molecule has 64 heavy (non-hydrogen) atoms. The number of aromatic nitrogens is 3. The van der Waals surface area contributed by atoms with Crippen LogP contribution in [0.4, 0.5) is 0 Å². The zero-order valence-corrected chi connectivity index (χ0v) is 34.2. The van der Waals surface area contributed by atoms with E-state index in [4.69, 9.17) is 11.0 Å². The molecule has 0 amide bonds. The third-order valence-electron chi connectivity index (χ3n) is 13.5. The van der Waals surface area contributed by atoms with Gasteiger partial charge in [0.2, 0.25) is 0 Å². The van der Waals surface area contributed by atoms with Gasteiger partial charge in [-0.2, -0.15) is 0 Å². The van der Waals surface area contributed by atoms with Gasteiger partial charge in [-0.15, -0.1) is 0 Å². The van der Waals surface area contributed by atoms with Crippen molar-refractivity contribution >= 4 is 65.4 Å². The van der Waals surface area contributed by atoms with Crippen LogP contribution in [-0.2, 0) is 5.41 Å². The van der Waals surface area contributed by atoms with Crippen molar-refractivity contribution in [2.75, 3.05) is 0 Å². The van der Waals surface area contributed by atoms with E-state index < -0.39 is 23.5 Å². The summed E-state index contributed by atoms with van der Waals surface area (Å²) in [6.07, 6.45) is 0. The first-order valence-corrected chi connectivity index (χ1v) is 21.4. The Hall–Kier alpha value is -8.40. The van der Waals surface area contributed by atoms with Gasteiger partial charge in [0.15, 0.2) is 0 Å². The van der Waals surface area contributed by atoms with E-state index in [0.717, 1.165) is 66.0 Å². The maximum atomic E-state index is 9.27. The van der Waals surface area contributed by atoms with Gasteiger partial charge in [-0.1, -0.05) is 158 Å². The van der Waals surface area contributed by atoms with Gasteiger partial charge in [0, 0.05) is 49.4 Å². The number of fused-ring (bicyclic) bond motifs is 12. The first-order chi connectivity index (χ1) is 35.5. The first-order valence-electron chi connectivity index (χ1n) is 25.9. The predicted molar refractivity (Wildman–Crippen MR) is 267 cm³/mol. The van der Waals surface area contributed by atoms with Crippen LogP contribution in [0.2, 0.25) is 0 Å². The number of benzene rings is 10. The molecule has 10 aromatic carbocycles. The molecule has 14 rings (SSSR count). The van der Waals surface area contributed by atoms with Gasteiger partial charge >= 0.3 is 0 Å². The zero-order valence-electron chi connectivity index (χ0n) is 43.2. The van der Waals surface area contributed by atoms with Crippen LogP contribution in [-0.4, -0.2) is 13.7 Å². The Bertz CT molecular complexity index is 4490. The second kappa shape index (κ2) is 13.3. The van der Waals surface area contributed by atoms with E-state index in [0.29, 0.717) is 21.9 Å². The normalized spacial score (nSPS) is 15.1. The van der Waals surface area contributed by atoms with Crippen molar-refractivity contribution in [3.63, 3.8) is 0 Å². The number of para-hydroxylation sites is 4. The van der Waals surface area contributed by atoms with Gasteiger partial charge in [-0.05, 0) is 112 Å². The van der Waals surface area contributed by atoms with Crippen LogP contribution >= 0.6 is 0 Å². The fourth-order valence-corrected chi connectivity index (χ4v) is 11.0.